The van der Waals surface area contributed by atoms with E-state index in [0.717, 1.165) is 0 Å². The summed E-state index contributed by atoms with van der Waals surface area (Å²) < 4.78 is 10.3. The Kier molecular flexibility index (Phi) is 3.88. The van der Waals surface area contributed by atoms with Gasteiger partial charge in [-0.1, -0.05) is 30.3 Å². The monoisotopic (exact) mass is 234 g/mol. The molecule has 0 amide bonds. The Balaban J connectivity index is 2.00. The van der Waals surface area contributed by atoms with Crippen molar-refractivity contribution in [1.29, 1.82) is 0 Å². The summed E-state index contributed by atoms with van der Waals surface area (Å²) in [5, 5.41) is 0. The zero-order chi connectivity index (χ0) is 12.1. The smallest absolute Gasteiger partial charge is 0.312 e. The molecule has 0 aromatic heterocycles. The van der Waals surface area contributed by atoms with Gasteiger partial charge in [0.05, 0.1) is 12.5 Å². The second kappa shape index (κ2) is 5.59. The van der Waals surface area contributed by atoms with Crippen LogP contribution in [0.5, 0.6) is 0 Å². The van der Waals surface area contributed by atoms with Crippen molar-refractivity contribution < 1.29 is 19.1 Å². The highest BCUT2D eigenvalue weighted by Crippen LogP contribution is 2.20. The maximum absolute atomic E-state index is 11.7. The van der Waals surface area contributed by atoms with Crippen molar-refractivity contribution in [2.24, 2.45) is 5.92 Å². The maximum atomic E-state index is 11.7. The quantitative estimate of drug-likeness (QED) is 0.585. The summed E-state index contributed by atoms with van der Waals surface area (Å²) in [6, 6.07) is 8.98. The molecule has 0 saturated carbocycles. The second-order valence-electron chi connectivity index (χ2n) is 3.96. The molecule has 0 spiro atoms. The fourth-order valence-corrected chi connectivity index (χ4v) is 1.76. The average molecular weight is 234 g/mol. The average Bonchev–Trinajstić information content (AvgIpc) is 2.90. The van der Waals surface area contributed by atoms with Gasteiger partial charge in [0.2, 0.25) is 0 Å². The normalized spacial score (nSPS) is 20.8. The van der Waals surface area contributed by atoms with E-state index in [-0.39, 0.29) is 11.9 Å². The summed E-state index contributed by atoms with van der Waals surface area (Å²) in [7, 11) is 0. The molecule has 0 bridgehead atoms. The topological polar surface area (TPSA) is 52.6 Å². The molecule has 1 heterocycles. The molecule has 2 unspecified atom stereocenters. The van der Waals surface area contributed by atoms with E-state index in [2.05, 4.69) is 0 Å². The van der Waals surface area contributed by atoms with E-state index in [4.69, 9.17) is 9.47 Å². The molecule has 1 saturated heterocycles. The maximum Gasteiger partial charge on any atom is 0.312 e. The molecule has 0 aliphatic carbocycles. The molecule has 1 aliphatic heterocycles. The van der Waals surface area contributed by atoms with Crippen LogP contribution >= 0.6 is 0 Å². The summed E-state index contributed by atoms with van der Waals surface area (Å²) in [5.74, 6) is -0.593. The molecule has 2 rings (SSSR count). The van der Waals surface area contributed by atoms with Gasteiger partial charge >= 0.3 is 5.97 Å². The molecule has 1 fully saturated rings. The molecule has 4 nitrogen and oxygen atoms in total. The van der Waals surface area contributed by atoms with Crippen LogP contribution in [0.25, 0.3) is 0 Å². The number of carbonyl (C=O) groups is 2. The van der Waals surface area contributed by atoms with Gasteiger partial charge in [0.1, 0.15) is 0 Å². The number of carbonyl (C=O) groups excluding carboxylic acids is 2. The molecule has 1 aromatic rings. The number of hydrogen-bond donors (Lipinski definition) is 0. The Morgan fingerprint density at radius 2 is 2.18 bits per heavy atom. The van der Waals surface area contributed by atoms with Gasteiger partial charge in [-0.3, -0.25) is 9.59 Å². The lowest BCUT2D eigenvalue weighted by Crippen LogP contribution is -2.21. The molecule has 4 heteroatoms. The zero-order valence-corrected chi connectivity index (χ0v) is 9.37. The third kappa shape index (κ3) is 2.91. The minimum Gasteiger partial charge on any atom is -0.449 e. The van der Waals surface area contributed by atoms with Gasteiger partial charge in [0.15, 0.2) is 12.4 Å². The van der Waals surface area contributed by atoms with Crippen molar-refractivity contribution in [3.05, 3.63) is 35.9 Å². The highest BCUT2D eigenvalue weighted by atomic mass is 16.6. The molecule has 1 aromatic carbocycles. The highest BCUT2D eigenvalue weighted by molar-refractivity contribution is 5.76. The van der Waals surface area contributed by atoms with E-state index < -0.39 is 6.10 Å². The number of benzene rings is 1. The van der Waals surface area contributed by atoms with Crippen molar-refractivity contribution in [2.75, 3.05) is 13.2 Å². The Labute approximate surface area is 99.5 Å². The molecule has 2 atom stereocenters. The van der Waals surface area contributed by atoms with Crippen LogP contribution in [0, 0.1) is 5.92 Å². The van der Waals surface area contributed by atoms with Crippen LogP contribution in [-0.2, 0) is 19.1 Å². The van der Waals surface area contributed by atoms with Gasteiger partial charge in [-0.2, -0.15) is 0 Å². The summed E-state index contributed by atoms with van der Waals surface area (Å²) in [6.45, 7) is 0.968. The highest BCUT2D eigenvalue weighted by Gasteiger charge is 2.27. The number of aldehydes is 1. The van der Waals surface area contributed by atoms with Crippen molar-refractivity contribution in [3.8, 4) is 0 Å². The molecule has 17 heavy (non-hydrogen) atoms. The first-order chi connectivity index (χ1) is 8.31. The van der Waals surface area contributed by atoms with Crippen LogP contribution in [0.4, 0.5) is 0 Å². The lowest BCUT2D eigenvalue weighted by atomic mass is 10.1. The van der Waals surface area contributed by atoms with Gasteiger partial charge in [0.25, 0.3) is 0 Å². The first kappa shape index (κ1) is 11.8. The van der Waals surface area contributed by atoms with Gasteiger partial charge < -0.3 is 9.47 Å². The van der Waals surface area contributed by atoms with Crippen LogP contribution in [0.15, 0.2) is 30.3 Å². The molecule has 0 radical (unpaired) electrons. The summed E-state index contributed by atoms with van der Waals surface area (Å²) in [5.41, 5.74) is 0.690. The largest absolute Gasteiger partial charge is 0.449 e. The van der Waals surface area contributed by atoms with Gasteiger partial charge in [-0.15, -0.1) is 0 Å². The Morgan fingerprint density at radius 1 is 1.41 bits per heavy atom. The van der Waals surface area contributed by atoms with Gasteiger partial charge in [-0.05, 0) is 12.0 Å². The van der Waals surface area contributed by atoms with Gasteiger partial charge in [-0.25, -0.2) is 0 Å². The third-order valence-electron chi connectivity index (χ3n) is 2.76. The van der Waals surface area contributed by atoms with Gasteiger partial charge in [0, 0.05) is 6.61 Å². The summed E-state index contributed by atoms with van der Waals surface area (Å²) in [6.07, 6.45) is 0.492. The molecule has 0 N–H and O–H groups in total. The van der Waals surface area contributed by atoms with Crippen LogP contribution in [0.2, 0.25) is 0 Å². The Hall–Kier alpha value is -1.68. The van der Waals surface area contributed by atoms with Crippen molar-refractivity contribution in [2.45, 2.75) is 12.5 Å². The fourth-order valence-electron chi connectivity index (χ4n) is 1.76. The van der Waals surface area contributed by atoms with E-state index in [1.54, 1.807) is 24.3 Å². The number of rotatable bonds is 4. The standard InChI is InChI=1S/C13H14O4/c14-8-12(10-4-2-1-3-5-10)17-13(15)11-6-7-16-9-11/h1-5,8,11-12H,6-7,9H2. The van der Waals surface area contributed by atoms with E-state index in [9.17, 15) is 9.59 Å². The fraction of sp³-hybridized carbons (Fsp3) is 0.385. The minimum absolute atomic E-state index is 0.235. The van der Waals surface area contributed by atoms with E-state index in [1.165, 1.54) is 0 Å². The molecular weight excluding hydrogens is 220 g/mol. The van der Waals surface area contributed by atoms with E-state index >= 15 is 0 Å². The first-order valence-electron chi connectivity index (χ1n) is 5.59. The summed E-state index contributed by atoms with van der Waals surface area (Å²) >= 11 is 0. The number of esters is 1. The van der Waals surface area contributed by atoms with E-state index in [0.29, 0.717) is 31.5 Å². The van der Waals surface area contributed by atoms with Crippen LogP contribution < -0.4 is 0 Å². The second-order valence-corrected chi connectivity index (χ2v) is 3.96. The van der Waals surface area contributed by atoms with Crippen molar-refractivity contribution in [1.82, 2.24) is 0 Å². The lowest BCUT2D eigenvalue weighted by molar-refractivity contribution is -0.156. The number of ether oxygens (including phenoxy) is 2. The van der Waals surface area contributed by atoms with E-state index in [1.807, 2.05) is 6.07 Å². The van der Waals surface area contributed by atoms with Crippen LogP contribution in [-0.4, -0.2) is 25.5 Å². The van der Waals surface area contributed by atoms with Crippen molar-refractivity contribution >= 4 is 12.3 Å². The predicted molar refractivity (Wildman–Crippen MR) is 60.3 cm³/mol. The first-order valence-corrected chi connectivity index (χ1v) is 5.59. The predicted octanol–water partition coefficient (Wildman–Crippen LogP) is 1.51. The number of hydrogen-bond acceptors (Lipinski definition) is 4. The SMILES string of the molecule is O=CC(OC(=O)C1CCOC1)c1ccccc1. The Morgan fingerprint density at radius 3 is 2.76 bits per heavy atom. The molecule has 1 aliphatic rings. The molecule has 90 valence electrons. The van der Waals surface area contributed by atoms with Crippen LogP contribution in [0.1, 0.15) is 18.1 Å². The molecular formula is C13H14O4. The minimum atomic E-state index is -0.815. The lowest BCUT2D eigenvalue weighted by Gasteiger charge is -2.14. The zero-order valence-electron chi connectivity index (χ0n) is 9.37. The summed E-state index contributed by atoms with van der Waals surface area (Å²) in [4.78, 5) is 22.7. The van der Waals surface area contributed by atoms with Crippen molar-refractivity contribution in [3.63, 3.8) is 0 Å². The Bertz CT molecular complexity index is 382. The third-order valence-corrected chi connectivity index (χ3v) is 2.76. The van der Waals surface area contributed by atoms with Crippen LogP contribution in [0.3, 0.4) is 0 Å².